The maximum absolute atomic E-state index is 5.36. The molecule has 0 aliphatic heterocycles. The molecule has 1 aliphatic rings. The molecular formula is C64H43N3. The lowest BCUT2D eigenvalue weighted by Gasteiger charge is -2.35. The fourth-order valence-electron chi connectivity index (χ4n) is 10.9. The van der Waals surface area contributed by atoms with Crippen molar-refractivity contribution in [2.24, 2.45) is 0 Å². The molecule has 10 aromatic carbocycles. The first-order valence-corrected chi connectivity index (χ1v) is 23.0. The molecule has 3 heteroatoms. The molecule has 0 amide bonds. The second-order valence-electron chi connectivity index (χ2n) is 17.5. The number of fused-ring (bicyclic) bond motifs is 7. The Kier molecular flexibility index (Phi) is 9.07. The van der Waals surface area contributed by atoms with Gasteiger partial charge in [0, 0.05) is 50.0 Å². The van der Waals surface area contributed by atoms with Crippen LogP contribution in [0.3, 0.4) is 0 Å². The molecule has 0 spiro atoms. The van der Waals surface area contributed by atoms with Gasteiger partial charge < -0.3 is 9.47 Å². The van der Waals surface area contributed by atoms with Crippen molar-refractivity contribution < 1.29 is 0 Å². The molecule has 0 atom stereocenters. The molecule has 3 nitrogen and oxygen atoms in total. The van der Waals surface area contributed by atoms with Crippen LogP contribution in [0.5, 0.6) is 0 Å². The third-order valence-electron chi connectivity index (χ3n) is 13.8. The Morgan fingerprint density at radius 3 is 1.64 bits per heavy atom. The Hall–Kier alpha value is -8.79. The maximum atomic E-state index is 5.36. The topological polar surface area (TPSA) is 21.1 Å². The fourth-order valence-corrected chi connectivity index (χ4v) is 10.9. The first-order valence-electron chi connectivity index (χ1n) is 23.0. The molecule has 12 aromatic rings. The van der Waals surface area contributed by atoms with Crippen molar-refractivity contribution in [3.63, 3.8) is 0 Å². The second-order valence-corrected chi connectivity index (χ2v) is 17.5. The predicted octanol–water partition coefficient (Wildman–Crippen LogP) is 16.5. The first kappa shape index (κ1) is 38.6. The van der Waals surface area contributed by atoms with Crippen molar-refractivity contribution in [2.75, 3.05) is 4.90 Å². The molecular weight excluding hydrogens is 811 g/mol. The monoisotopic (exact) mass is 853 g/mol. The molecule has 2 aromatic heterocycles. The molecule has 0 N–H and O–H groups in total. The second kappa shape index (κ2) is 15.7. The first-order chi connectivity index (χ1) is 33.2. The van der Waals surface area contributed by atoms with E-state index in [1.165, 1.54) is 44.2 Å². The molecule has 314 valence electrons. The van der Waals surface area contributed by atoms with Gasteiger partial charge in [-0.25, -0.2) is 4.98 Å². The van der Waals surface area contributed by atoms with Crippen molar-refractivity contribution in [1.29, 1.82) is 0 Å². The third kappa shape index (κ3) is 6.16. The standard InChI is InChI=1S/C64H43N3/c1-6-20-44(21-7-1)57-40-45-22-16-19-33-60(45)65-63(57)46-34-37-55-56-39-36-52(43-62(56)67(61(55)41-46)50-29-14-5-15-30-50)66(49-27-12-4-13-28-49)51-35-38-54-53-31-17-18-32-58(53)64(59(54)42-51,47-23-8-2-9-24-47)48-25-10-3-11-26-48/h1-43H. The van der Waals surface area contributed by atoms with Crippen LogP contribution >= 0.6 is 0 Å². The van der Waals surface area contributed by atoms with Crippen LogP contribution in [-0.4, -0.2) is 9.55 Å². The number of benzene rings is 10. The zero-order valence-electron chi connectivity index (χ0n) is 36.7. The SMILES string of the molecule is c1ccc(-c2cc3ccccc3nc2-c2ccc3c4ccc(N(c5ccccc5)c5ccc6c(c5)C(c5ccccc5)(c5ccccc5)c5ccccc5-6)cc4n(-c4ccccc4)c3c2)cc1. The average Bonchev–Trinajstić information content (AvgIpc) is 3.89. The number of nitrogens with zero attached hydrogens (tertiary/aromatic N) is 3. The van der Waals surface area contributed by atoms with E-state index in [2.05, 4.69) is 270 Å². The van der Waals surface area contributed by atoms with Crippen molar-refractivity contribution in [2.45, 2.75) is 5.41 Å². The summed E-state index contributed by atoms with van der Waals surface area (Å²) >= 11 is 0. The largest absolute Gasteiger partial charge is 0.310 e. The molecule has 0 saturated heterocycles. The number of hydrogen-bond acceptors (Lipinski definition) is 2. The number of rotatable bonds is 8. The zero-order chi connectivity index (χ0) is 44.3. The number of pyridine rings is 1. The summed E-state index contributed by atoms with van der Waals surface area (Å²) < 4.78 is 2.43. The van der Waals surface area contributed by atoms with Crippen LogP contribution in [0, 0.1) is 0 Å². The molecule has 13 rings (SSSR count). The van der Waals surface area contributed by atoms with E-state index in [1.807, 2.05) is 0 Å². The third-order valence-corrected chi connectivity index (χ3v) is 13.8. The highest BCUT2D eigenvalue weighted by atomic mass is 15.1. The van der Waals surface area contributed by atoms with Crippen molar-refractivity contribution in [3.05, 3.63) is 283 Å². The van der Waals surface area contributed by atoms with Crippen LogP contribution in [0.25, 0.3) is 71.9 Å². The summed E-state index contributed by atoms with van der Waals surface area (Å²) in [5.41, 5.74) is 19.0. The van der Waals surface area contributed by atoms with Gasteiger partial charge in [0.15, 0.2) is 0 Å². The van der Waals surface area contributed by atoms with Gasteiger partial charge in [0.1, 0.15) is 0 Å². The van der Waals surface area contributed by atoms with Gasteiger partial charge >= 0.3 is 0 Å². The molecule has 0 radical (unpaired) electrons. The Morgan fingerprint density at radius 1 is 0.358 bits per heavy atom. The number of para-hydroxylation sites is 3. The quantitative estimate of drug-likeness (QED) is 0.152. The summed E-state index contributed by atoms with van der Waals surface area (Å²) in [6, 6.07) is 94.9. The van der Waals surface area contributed by atoms with E-state index in [9.17, 15) is 0 Å². The van der Waals surface area contributed by atoms with E-state index in [-0.39, 0.29) is 0 Å². The highest BCUT2D eigenvalue weighted by Crippen LogP contribution is 2.57. The van der Waals surface area contributed by atoms with E-state index in [0.717, 1.165) is 67.1 Å². The maximum Gasteiger partial charge on any atom is 0.0788 e. The molecule has 67 heavy (non-hydrogen) atoms. The van der Waals surface area contributed by atoms with Crippen LogP contribution in [0.2, 0.25) is 0 Å². The summed E-state index contributed by atoms with van der Waals surface area (Å²) in [5, 5.41) is 3.50. The van der Waals surface area contributed by atoms with Crippen LogP contribution in [0.4, 0.5) is 17.1 Å². The van der Waals surface area contributed by atoms with Crippen LogP contribution in [0.1, 0.15) is 22.3 Å². The van der Waals surface area contributed by atoms with E-state index in [4.69, 9.17) is 4.98 Å². The Morgan fingerprint density at radius 2 is 0.910 bits per heavy atom. The number of hydrogen-bond donors (Lipinski definition) is 0. The predicted molar refractivity (Wildman–Crippen MR) is 279 cm³/mol. The normalized spacial score (nSPS) is 12.6. The summed E-state index contributed by atoms with van der Waals surface area (Å²) in [7, 11) is 0. The van der Waals surface area contributed by atoms with Gasteiger partial charge in [-0.2, -0.15) is 0 Å². The minimum Gasteiger partial charge on any atom is -0.310 e. The summed E-state index contributed by atoms with van der Waals surface area (Å²) in [6.45, 7) is 0. The Bertz CT molecular complexity index is 3750. The highest BCUT2D eigenvalue weighted by Gasteiger charge is 2.46. The van der Waals surface area contributed by atoms with Gasteiger partial charge in [-0.3, -0.25) is 0 Å². The van der Waals surface area contributed by atoms with E-state index in [1.54, 1.807) is 0 Å². The highest BCUT2D eigenvalue weighted by molar-refractivity contribution is 6.12. The van der Waals surface area contributed by atoms with Crippen LogP contribution in [-0.2, 0) is 5.41 Å². The average molecular weight is 854 g/mol. The van der Waals surface area contributed by atoms with Crippen molar-refractivity contribution >= 4 is 49.8 Å². The fraction of sp³-hybridized carbons (Fsp3) is 0.0156. The van der Waals surface area contributed by atoms with E-state index >= 15 is 0 Å². The minimum atomic E-state index is -0.519. The van der Waals surface area contributed by atoms with Gasteiger partial charge in [-0.15, -0.1) is 0 Å². The van der Waals surface area contributed by atoms with Gasteiger partial charge in [0.25, 0.3) is 0 Å². The summed E-state index contributed by atoms with van der Waals surface area (Å²) in [6.07, 6.45) is 0. The summed E-state index contributed by atoms with van der Waals surface area (Å²) in [4.78, 5) is 7.78. The smallest absolute Gasteiger partial charge is 0.0788 e. The van der Waals surface area contributed by atoms with E-state index < -0.39 is 5.41 Å². The van der Waals surface area contributed by atoms with Crippen molar-refractivity contribution in [1.82, 2.24) is 9.55 Å². The van der Waals surface area contributed by atoms with Gasteiger partial charge in [0.05, 0.1) is 27.7 Å². The van der Waals surface area contributed by atoms with Gasteiger partial charge in [-0.05, 0) is 106 Å². The lowest BCUT2D eigenvalue weighted by Crippen LogP contribution is -2.28. The molecule has 2 heterocycles. The Balaban J connectivity index is 1.04. The molecule has 1 aliphatic carbocycles. The summed E-state index contributed by atoms with van der Waals surface area (Å²) in [5.74, 6) is 0. The molecule has 0 unspecified atom stereocenters. The van der Waals surface area contributed by atoms with Crippen molar-refractivity contribution in [3.8, 4) is 39.2 Å². The zero-order valence-corrected chi connectivity index (χ0v) is 36.7. The Labute approximate surface area is 390 Å². The number of anilines is 3. The minimum absolute atomic E-state index is 0.519. The number of aromatic nitrogens is 2. The molecule has 0 saturated carbocycles. The lowest BCUT2D eigenvalue weighted by molar-refractivity contribution is 0.768. The van der Waals surface area contributed by atoms with Gasteiger partial charge in [0.2, 0.25) is 0 Å². The van der Waals surface area contributed by atoms with Gasteiger partial charge in [-0.1, -0.05) is 194 Å². The molecule has 0 fully saturated rings. The van der Waals surface area contributed by atoms with Crippen LogP contribution in [0.15, 0.2) is 261 Å². The van der Waals surface area contributed by atoms with Crippen LogP contribution < -0.4 is 4.90 Å². The molecule has 0 bridgehead atoms. The lowest BCUT2D eigenvalue weighted by atomic mass is 9.67. The van der Waals surface area contributed by atoms with E-state index in [0.29, 0.717) is 0 Å².